The van der Waals surface area contributed by atoms with Crippen molar-refractivity contribution in [2.75, 3.05) is 6.61 Å². The average Bonchev–Trinajstić information content (AvgIpc) is 2.69. The molecule has 2 N–H and O–H groups in total. The maximum atomic E-state index is 11.8. The van der Waals surface area contributed by atoms with Crippen LogP contribution < -0.4 is 10.6 Å². The maximum absolute atomic E-state index is 11.8. The topological polar surface area (TPSA) is 67.4 Å². The highest BCUT2D eigenvalue weighted by Gasteiger charge is 2.17. The Labute approximate surface area is 140 Å². The second-order valence-corrected chi connectivity index (χ2v) is 6.80. The molecule has 1 aliphatic rings. The molecule has 1 fully saturated rings. The summed E-state index contributed by atoms with van der Waals surface area (Å²) in [5.74, 6) is 0.503. The summed E-state index contributed by atoms with van der Waals surface area (Å²) >= 11 is 0. The Morgan fingerprint density at radius 1 is 1.48 bits per heavy atom. The Kier molecular flexibility index (Phi) is 9.41. The normalized spacial score (nSPS) is 19.6. The first-order valence-electron chi connectivity index (χ1n) is 8.84. The van der Waals surface area contributed by atoms with Crippen LogP contribution in [0.1, 0.15) is 65.2 Å². The van der Waals surface area contributed by atoms with E-state index in [1.165, 1.54) is 0 Å². The number of hydrogen-bond donors (Lipinski definition) is 2. The van der Waals surface area contributed by atoms with Gasteiger partial charge in [0.25, 0.3) is 0 Å². The van der Waals surface area contributed by atoms with E-state index in [2.05, 4.69) is 17.2 Å². The van der Waals surface area contributed by atoms with Gasteiger partial charge in [0.1, 0.15) is 0 Å². The average molecular weight is 324 g/mol. The van der Waals surface area contributed by atoms with Gasteiger partial charge in [-0.3, -0.25) is 4.79 Å². The summed E-state index contributed by atoms with van der Waals surface area (Å²) in [6.07, 6.45) is 8.80. The first-order chi connectivity index (χ1) is 11.0. The van der Waals surface area contributed by atoms with Gasteiger partial charge in [-0.1, -0.05) is 26.3 Å². The van der Waals surface area contributed by atoms with E-state index in [1.54, 1.807) is 0 Å². The fourth-order valence-electron chi connectivity index (χ4n) is 2.78. The lowest BCUT2D eigenvalue weighted by atomic mass is 10.0. The van der Waals surface area contributed by atoms with Gasteiger partial charge in [-0.2, -0.15) is 0 Å². The van der Waals surface area contributed by atoms with Crippen LogP contribution >= 0.6 is 0 Å². The highest BCUT2D eigenvalue weighted by atomic mass is 16.5. The van der Waals surface area contributed by atoms with E-state index in [9.17, 15) is 9.59 Å². The van der Waals surface area contributed by atoms with Crippen molar-refractivity contribution in [3.63, 3.8) is 0 Å². The number of alkyl carbamates (subject to hydrolysis) is 1. The van der Waals surface area contributed by atoms with Gasteiger partial charge >= 0.3 is 6.09 Å². The molecule has 1 saturated heterocycles. The summed E-state index contributed by atoms with van der Waals surface area (Å²) in [6.45, 7) is 8.20. The number of amides is 2. The van der Waals surface area contributed by atoms with Crippen LogP contribution in [0.2, 0.25) is 0 Å². The van der Waals surface area contributed by atoms with Crippen molar-refractivity contribution in [2.45, 2.75) is 77.3 Å². The van der Waals surface area contributed by atoms with Crippen LogP contribution in [-0.2, 0) is 9.53 Å². The molecule has 2 amide bonds. The zero-order chi connectivity index (χ0) is 17.1. The summed E-state index contributed by atoms with van der Waals surface area (Å²) in [5.41, 5.74) is 0. The molecule has 0 aromatic heterocycles. The monoisotopic (exact) mass is 324 g/mol. The summed E-state index contributed by atoms with van der Waals surface area (Å²) in [7, 11) is 0. The smallest absolute Gasteiger partial charge is 0.407 e. The maximum Gasteiger partial charge on any atom is 0.407 e. The molecular formula is C18H32N2O3. The molecule has 1 rings (SSSR count). The zero-order valence-electron chi connectivity index (χ0n) is 14.6. The van der Waals surface area contributed by atoms with E-state index in [0.29, 0.717) is 18.9 Å². The van der Waals surface area contributed by atoms with Crippen molar-refractivity contribution in [3.8, 4) is 0 Å². The summed E-state index contributed by atoms with van der Waals surface area (Å²) < 4.78 is 5.17. The lowest BCUT2D eigenvalue weighted by Gasteiger charge is -2.20. The van der Waals surface area contributed by atoms with Crippen molar-refractivity contribution in [1.82, 2.24) is 10.6 Å². The highest BCUT2D eigenvalue weighted by molar-refractivity contribution is 5.76. The van der Waals surface area contributed by atoms with Crippen LogP contribution in [0.15, 0.2) is 12.7 Å². The number of rotatable bonds is 9. The Balaban J connectivity index is 2.30. The molecule has 0 bridgehead atoms. The molecule has 0 radical (unpaired) electrons. The van der Waals surface area contributed by atoms with Crippen molar-refractivity contribution >= 4 is 12.0 Å². The molecule has 0 saturated carbocycles. The van der Waals surface area contributed by atoms with Crippen LogP contribution in [-0.4, -0.2) is 30.7 Å². The third-order valence-electron chi connectivity index (χ3n) is 4.00. The lowest BCUT2D eigenvalue weighted by Crippen LogP contribution is -2.36. The number of carbonyl (C=O) groups excluding carboxylic acids is 2. The Morgan fingerprint density at radius 3 is 2.96 bits per heavy atom. The zero-order valence-corrected chi connectivity index (χ0v) is 14.6. The predicted octanol–water partition coefficient (Wildman–Crippen LogP) is 3.54. The molecule has 1 heterocycles. The Bertz CT molecular complexity index is 382. The van der Waals surface area contributed by atoms with E-state index in [4.69, 9.17) is 4.74 Å². The molecule has 0 aromatic carbocycles. The van der Waals surface area contributed by atoms with Crippen LogP contribution in [0.4, 0.5) is 4.79 Å². The first kappa shape index (κ1) is 19.5. The second kappa shape index (κ2) is 11.1. The van der Waals surface area contributed by atoms with Crippen molar-refractivity contribution in [1.29, 1.82) is 0 Å². The Morgan fingerprint density at radius 2 is 2.26 bits per heavy atom. The molecule has 0 aliphatic carbocycles. The molecule has 2 atom stereocenters. The molecule has 0 aromatic rings. The largest absolute Gasteiger partial charge is 0.449 e. The number of hydrogen-bond acceptors (Lipinski definition) is 3. The van der Waals surface area contributed by atoms with Gasteiger partial charge in [-0.05, 0) is 44.4 Å². The van der Waals surface area contributed by atoms with Crippen LogP contribution in [0, 0.1) is 5.92 Å². The summed E-state index contributed by atoms with van der Waals surface area (Å²) in [5, 5.41) is 6.00. The summed E-state index contributed by atoms with van der Waals surface area (Å²) in [4.78, 5) is 23.3. The standard InChI is InChI=1S/C18H32N2O3/c1-4-8-15(20-18(22)23-13-14(2)3)10-7-11-16-9-5-6-12-17(21)19-16/h4,14-16H,1,5-13H2,2-3H3,(H,19,21)(H,20,22). The lowest BCUT2D eigenvalue weighted by molar-refractivity contribution is -0.121. The summed E-state index contributed by atoms with van der Waals surface area (Å²) in [6, 6.07) is 0.330. The molecule has 132 valence electrons. The first-order valence-corrected chi connectivity index (χ1v) is 8.84. The van der Waals surface area contributed by atoms with Crippen molar-refractivity contribution in [3.05, 3.63) is 12.7 Å². The van der Waals surface area contributed by atoms with Gasteiger partial charge in [0, 0.05) is 18.5 Å². The van der Waals surface area contributed by atoms with Gasteiger partial charge in [0.15, 0.2) is 0 Å². The molecule has 0 spiro atoms. The van der Waals surface area contributed by atoms with Gasteiger partial charge < -0.3 is 15.4 Å². The number of nitrogens with one attached hydrogen (secondary N) is 2. The second-order valence-electron chi connectivity index (χ2n) is 6.80. The van der Waals surface area contributed by atoms with Crippen LogP contribution in [0.3, 0.4) is 0 Å². The predicted molar refractivity (Wildman–Crippen MR) is 92.2 cm³/mol. The highest BCUT2D eigenvalue weighted by Crippen LogP contribution is 2.15. The van der Waals surface area contributed by atoms with Gasteiger partial charge in [-0.15, -0.1) is 6.58 Å². The van der Waals surface area contributed by atoms with Gasteiger partial charge in [0.05, 0.1) is 6.61 Å². The van der Waals surface area contributed by atoms with Crippen molar-refractivity contribution < 1.29 is 14.3 Å². The Hall–Kier alpha value is -1.52. The SMILES string of the molecule is C=CCC(CCCC1CCCCC(=O)N1)NC(=O)OCC(C)C. The van der Waals surface area contributed by atoms with Crippen molar-refractivity contribution in [2.24, 2.45) is 5.92 Å². The minimum Gasteiger partial charge on any atom is -0.449 e. The fourth-order valence-corrected chi connectivity index (χ4v) is 2.78. The third kappa shape index (κ3) is 9.26. The van der Waals surface area contributed by atoms with E-state index in [0.717, 1.165) is 44.9 Å². The van der Waals surface area contributed by atoms with E-state index in [-0.39, 0.29) is 24.1 Å². The number of carbonyl (C=O) groups is 2. The van der Waals surface area contributed by atoms with Crippen LogP contribution in [0.25, 0.3) is 0 Å². The molecule has 23 heavy (non-hydrogen) atoms. The minimum absolute atomic E-state index is 0.0497. The molecule has 1 aliphatic heterocycles. The fraction of sp³-hybridized carbons (Fsp3) is 0.778. The number of ether oxygens (including phenoxy) is 1. The van der Waals surface area contributed by atoms with E-state index < -0.39 is 0 Å². The van der Waals surface area contributed by atoms with E-state index in [1.807, 2.05) is 19.9 Å². The molecule has 5 heteroatoms. The molecule has 5 nitrogen and oxygen atoms in total. The van der Waals surface area contributed by atoms with E-state index >= 15 is 0 Å². The quantitative estimate of drug-likeness (QED) is 0.637. The van der Waals surface area contributed by atoms with Gasteiger partial charge in [-0.25, -0.2) is 4.79 Å². The minimum atomic E-state index is -0.353. The molecule has 2 unspecified atom stereocenters. The molecular weight excluding hydrogens is 292 g/mol. The third-order valence-corrected chi connectivity index (χ3v) is 4.00. The van der Waals surface area contributed by atoms with Crippen LogP contribution in [0.5, 0.6) is 0 Å². The van der Waals surface area contributed by atoms with Gasteiger partial charge in [0.2, 0.25) is 5.91 Å².